The van der Waals surface area contributed by atoms with E-state index >= 15 is 0 Å². The van der Waals surface area contributed by atoms with Crippen LogP contribution in [0.2, 0.25) is 5.02 Å². The van der Waals surface area contributed by atoms with Crippen molar-refractivity contribution in [1.82, 2.24) is 5.32 Å². The van der Waals surface area contributed by atoms with Crippen LogP contribution in [0.3, 0.4) is 0 Å². The lowest BCUT2D eigenvalue weighted by atomic mass is 10.1. The summed E-state index contributed by atoms with van der Waals surface area (Å²) in [5.74, 6) is -1.60. The summed E-state index contributed by atoms with van der Waals surface area (Å²) in [5, 5.41) is 2.53. The van der Waals surface area contributed by atoms with Gasteiger partial charge in [-0.3, -0.25) is 4.79 Å². The van der Waals surface area contributed by atoms with E-state index in [1.165, 1.54) is 0 Å². The number of rotatable bonds is 3. The van der Waals surface area contributed by atoms with Crippen LogP contribution in [0.1, 0.15) is 28.9 Å². The molecule has 1 atom stereocenters. The third-order valence-corrected chi connectivity index (χ3v) is 3.81. The molecule has 1 aliphatic heterocycles. The predicted molar refractivity (Wildman–Crippen MR) is 79.8 cm³/mol. The van der Waals surface area contributed by atoms with Crippen molar-refractivity contribution < 1.29 is 23.0 Å². The number of nitrogens with one attached hydrogen (secondary N) is 1. The maximum Gasteiger partial charge on any atom is 0.253 e. The second-order valence-electron chi connectivity index (χ2n) is 5.05. The number of hydrogen-bond acceptors (Lipinski definition) is 3. The lowest BCUT2D eigenvalue weighted by molar-refractivity contribution is 0.0939. The standard InChI is InChI=1S/C16H12ClF2NO3/c1-8(9-2-3-14-15(4-9)23-7-22-14)20-16(21)10-5-12(18)13(19)6-11(10)17/h2-6,8H,7H2,1H3,(H,20,21)/t8-/m1/s1. The van der Waals surface area contributed by atoms with Gasteiger partial charge in [0.2, 0.25) is 6.79 Å². The van der Waals surface area contributed by atoms with Crippen molar-refractivity contribution in [2.45, 2.75) is 13.0 Å². The molecule has 0 spiro atoms. The highest BCUT2D eigenvalue weighted by molar-refractivity contribution is 6.33. The van der Waals surface area contributed by atoms with Crippen LogP contribution in [-0.4, -0.2) is 12.7 Å². The van der Waals surface area contributed by atoms with E-state index in [9.17, 15) is 13.6 Å². The Morgan fingerprint density at radius 1 is 1.17 bits per heavy atom. The fourth-order valence-corrected chi connectivity index (χ4v) is 2.47. The smallest absolute Gasteiger partial charge is 0.253 e. The van der Waals surface area contributed by atoms with E-state index in [-0.39, 0.29) is 23.4 Å². The van der Waals surface area contributed by atoms with Gasteiger partial charge in [-0.2, -0.15) is 0 Å². The zero-order valence-corrected chi connectivity index (χ0v) is 12.8. The van der Waals surface area contributed by atoms with Crippen LogP contribution in [0.15, 0.2) is 30.3 Å². The van der Waals surface area contributed by atoms with Gasteiger partial charge in [0.05, 0.1) is 16.6 Å². The van der Waals surface area contributed by atoms with Gasteiger partial charge in [0.15, 0.2) is 23.1 Å². The molecule has 0 saturated heterocycles. The summed E-state index contributed by atoms with van der Waals surface area (Å²) in [7, 11) is 0. The van der Waals surface area contributed by atoms with Gasteiger partial charge in [0.1, 0.15) is 0 Å². The van der Waals surface area contributed by atoms with Gasteiger partial charge in [0.25, 0.3) is 5.91 Å². The van der Waals surface area contributed by atoms with Gasteiger partial charge in [-0.25, -0.2) is 8.78 Å². The molecular weight excluding hydrogens is 328 g/mol. The molecule has 3 rings (SSSR count). The maximum absolute atomic E-state index is 13.3. The summed E-state index contributed by atoms with van der Waals surface area (Å²) in [6.45, 7) is 1.91. The molecule has 0 bridgehead atoms. The van der Waals surface area contributed by atoms with Gasteiger partial charge in [-0.1, -0.05) is 17.7 Å². The first-order chi connectivity index (χ1) is 11.0. The molecule has 1 heterocycles. The summed E-state index contributed by atoms with van der Waals surface area (Å²) in [5.41, 5.74) is 0.652. The lowest BCUT2D eigenvalue weighted by Crippen LogP contribution is -2.27. The Morgan fingerprint density at radius 3 is 2.65 bits per heavy atom. The van der Waals surface area contributed by atoms with Crippen molar-refractivity contribution in [3.8, 4) is 11.5 Å². The molecule has 1 aliphatic rings. The van der Waals surface area contributed by atoms with Crippen molar-refractivity contribution in [2.24, 2.45) is 0 Å². The molecule has 23 heavy (non-hydrogen) atoms. The van der Waals surface area contributed by atoms with E-state index in [1.54, 1.807) is 25.1 Å². The number of carbonyl (C=O) groups excluding carboxylic acids is 1. The van der Waals surface area contributed by atoms with Crippen molar-refractivity contribution >= 4 is 17.5 Å². The normalized spacial score (nSPS) is 13.7. The highest BCUT2D eigenvalue weighted by Gasteiger charge is 2.19. The van der Waals surface area contributed by atoms with Crippen LogP contribution in [0.5, 0.6) is 11.5 Å². The first kappa shape index (κ1) is 15.6. The van der Waals surface area contributed by atoms with Crippen molar-refractivity contribution in [1.29, 1.82) is 0 Å². The number of ether oxygens (including phenoxy) is 2. The van der Waals surface area contributed by atoms with Gasteiger partial charge in [-0.15, -0.1) is 0 Å². The zero-order chi connectivity index (χ0) is 16.6. The third-order valence-electron chi connectivity index (χ3n) is 3.50. The number of halogens is 3. The molecule has 0 saturated carbocycles. The summed E-state index contributed by atoms with van der Waals surface area (Å²) in [6, 6.07) is 6.44. The first-order valence-corrected chi connectivity index (χ1v) is 7.18. The number of benzene rings is 2. The molecule has 2 aromatic rings. The second-order valence-corrected chi connectivity index (χ2v) is 5.46. The summed E-state index contributed by atoms with van der Waals surface area (Å²) < 4.78 is 36.8. The Kier molecular flexibility index (Phi) is 4.09. The number of amides is 1. The quantitative estimate of drug-likeness (QED) is 0.864. The van der Waals surface area contributed by atoms with Gasteiger partial charge in [0, 0.05) is 0 Å². The van der Waals surface area contributed by atoms with E-state index in [0.717, 1.165) is 17.7 Å². The van der Waals surface area contributed by atoms with Crippen LogP contribution >= 0.6 is 11.6 Å². The molecule has 0 aliphatic carbocycles. The van der Waals surface area contributed by atoms with E-state index in [1.807, 2.05) is 0 Å². The summed E-state index contributed by atoms with van der Waals surface area (Å²) >= 11 is 5.80. The predicted octanol–water partition coefficient (Wildman–Crippen LogP) is 3.84. The summed E-state index contributed by atoms with van der Waals surface area (Å²) in [4.78, 5) is 12.2. The Bertz CT molecular complexity index is 782. The topological polar surface area (TPSA) is 47.6 Å². The molecule has 7 heteroatoms. The van der Waals surface area contributed by atoms with Crippen LogP contribution < -0.4 is 14.8 Å². The summed E-state index contributed by atoms with van der Waals surface area (Å²) in [6.07, 6.45) is 0. The third kappa shape index (κ3) is 3.07. The minimum Gasteiger partial charge on any atom is -0.454 e. The number of carbonyl (C=O) groups is 1. The molecule has 0 aromatic heterocycles. The Balaban J connectivity index is 1.78. The van der Waals surface area contributed by atoms with Crippen LogP contribution in [0.25, 0.3) is 0 Å². The van der Waals surface area contributed by atoms with Crippen molar-refractivity contribution in [3.05, 3.63) is 58.1 Å². The van der Waals surface area contributed by atoms with Crippen molar-refractivity contribution in [2.75, 3.05) is 6.79 Å². The lowest BCUT2D eigenvalue weighted by Gasteiger charge is -2.15. The SMILES string of the molecule is C[C@@H](NC(=O)c1cc(F)c(F)cc1Cl)c1ccc2c(c1)OCO2. The molecule has 0 unspecified atom stereocenters. The van der Waals surface area contributed by atoms with Gasteiger partial charge < -0.3 is 14.8 Å². The average molecular weight is 340 g/mol. The zero-order valence-electron chi connectivity index (χ0n) is 12.0. The second kappa shape index (κ2) is 6.04. The number of hydrogen-bond donors (Lipinski definition) is 1. The van der Waals surface area contributed by atoms with Crippen LogP contribution in [0, 0.1) is 11.6 Å². The fraction of sp³-hybridized carbons (Fsp3) is 0.188. The fourth-order valence-electron chi connectivity index (χ4n) is 2.24. The monoisotopic (exact) mass is 339 g/mol. The minimum atomic E-state index is -1.13. The molecule has 120 valence electrons. The molecule has 1 N–H and O–H groups in total. The molecular formula is C16H12ClF2NO3. The van der Waals surface area contributed by atoms with E-state index in [4.69, 9.17) is 21.1 Å². The van der Waals surface area contributed by atoms with Crippen molar-refractivity contribution in [3.63, 3.8) is 0 Å². The Morgan fingerprint density at radius 2 is 1.87 bits per heavy atom. The van der Waals surface area contributed by atoms with Crippen LogP contribution in [-0.2, 0) is 0 Å². The Hall–Kier alpha value is -2.34. The molecule has 0 fully saturated rings. The van der Waals surface area contributed by atoms with E-state index in [2.05, 4.69) is 5.32 Å². The van der Waals surface area contributed by atoms with Crippen LogP contribution in [0.4, 0.5) is 8.78 Å². The van der Waals surface area contributed by atoms with Gasteiger partial charge in [-0.05, 0) is 36.8 Å². The van der Waals surface area contributed by atoms with E-state index in [0.29, 0.717) is 11.5 Å². The highest BCUT2D eigenvalue weighted by atomic mass is 35.5. The minimum absolute atomic E-state index is 0.127. The molecule has 0 radical (unpaired) electrons. The largest absolute Gasteiger partial charge is 0.454 e. The molecule has 4 nitrogen and oxygen atoms in total. The molecule has 2 aromatic carbocycles. The van der Waals surface area contributed by atoms with Gasteiger partial charge >= 0.3 is 0 Å². The van der Waals surface area contributed by atoms with E-state index < -0.39 is 17.5 Å². The maximum atomic E-state index is 13.3. The highest BCUT2D eigenvalue weighted by Crippen LogP contribution is 2.34. The first-order valence-electron chi connectivity index (χ1n) is 6.80. The molecule has 1 amide bonds. The Labute approximate surface area is 136 Å². The number of fused-ring (bicyclic) bond motifs is 1. The average Bonchev–Trinajstić information content (AvgIpc) is 2.98.